The van der Waals surface area contributed by atoms with E-state index in [2.05, 4.69) is 5.32 Å². The molecule has 3 aromatic rings. The van der Waals surface area contributed by atoms with Crippen LogP contribution in [-0.4, -0.2) is 5.91 Å². The van der Waals surface area contributed by atoms with Gasteiger partial charge < -0.3 is 10.1 Å². The van der Waals surface area contributed by atoms with E-state index in [1.165, 1.54) is 30.4 Å². The van der Waals surface area contributed by atoms with E-state index >= 15 is 0 Å². The van der Waals surface area contributed by atoms with Gasteiger partial charge in [-0.1, -0.05) is 48.0 Å². The molecule has 154 valence electrons. The summed E-state index contributed by atoms with van der Waals surface area (Å²) in [6, 6.07) is 19.1. The van der Waals surface area contributed by atoms with E-state index < -0.39 is 17.6 Å². The number of alkyl halides is 3. The maximum absolute atomic E-state index is 13.0. The van der Waals surface area contributed by atoms with Crippen LogP contribution < -0.4 is 10.1 Å². The zero-order valence-electron chi connectivity index (χ0n) is 15.6. The molecular formula is C23H17ClF3NO2. The number of ether oxygens (including phenoxy) is 1. The van der Waals surface area contributed by atoms with Crippen molar-refractivity contribution in [3.63, 3.8) is 0 Å². The van der Waals surface area contributed by atoms with Crippen molar-refractivity contribution in [3.05, 3.63) is 101 Å². The van der Waals surface area contributed by atoms with Crippen LogP contribution in [0.15, 0.2) is 78.9 Å². The summed E-state index contributed by atoms with van der Waals surface area (Å²) in [5.41, 5.74) is 0.426. The Morgan fingerprint density at radius 1 is 1.00 bits per heavy atom. The van der Waals surface area contributed by atoms with Gasteiger partial charge in [-0.25, -0.2) is 0 Å². The lowest BCUT2D eigenvalue weighted by Gasteiger charge is -2.12. The van der Waals surface area contributed by atoms with Crippen molar-refractivity contribution in [2.75, 3.05) is 5.32 Å². The monoisotopic (exact) mass is 431 g/mol. The van der Waals surface area contributed by atoms with Gasteiger partial charge in [-0.2, -0.15) is 13.2 Å². The minimum Gasteiger partial charge on any atom is -0.489 e. The normalized spacial score (nSPS) is 11.5. The molecule has 0 fully saturated rings. The van der Waals surface area contributed by atoms with E-state index in [9.17, 15) is 18.0 Å². The molecule has 1 amide bonds. The lowest BCUT2D eigenvalue weighted by molar-refractivity contribution is -0.136. The zero-order valence-corrected chi connectivity index (χ0v) is 16.4. The quantitative estimate of drug-likeness (QED) is 0.447. The second-order valence-electron chi connectivity index (χ2n) is 6.35. The number of rotatable bonds is 6. The van der Waals surface area contributed by atoms with Crippen LogP contribution in [0.4, 0.5) is 18.9 Å². The third kappa shape index (κ3) is 6.12. The first-order chi connectivity index (χ1) is 14.3. The molecule has 0 atom stereocenters. The maximum Gasteiger partial charge on any atom is 0.418 e. The predicted octanol–water partition coefficient (Wildman–Crippen LogP) is 6.59. The second kappa shape index (κ2) is 9.50. The standard InChI is InChI=1S/C23H17ClF3NO2/c24-18-11-8-17(9-12-18)15-30-19-5-3-4-16(14-19)10-13-22(29)28-21-7-2-1-6-20(21)23(25,26)27/h1-14H,15H2,(H,28,29)/b13-10+. The first-order valence-corrected chi connectivity index (χ1v) is 9.32. The van der Waals surface area contributed by atoms with Crippen LogP contribution in [-0.2, 0) is 17.6 Å². The Morgan fingerprint density at radius 3 is 2.47 bits per heavy atom. The molecule has 0 saturated carbocycles. The summed E-state index contributed by atoms with van der Waals surface area (Å²) in [7, 11) is 0. The first-order valence-electron chi connectivity index (χ1n) is 8.94. The summed E-state index contributed by atoms with van der Waals surface area (Å²) < 4.78 is 44.8. The van der Waals surface area contributed by atoms with Crippen molar-refractivity contribution >= 4 is 29.3 Å². The van der Waals surface area contributed by atoms with Gasteiger partial charge in [0.25, 0.3) is 0 Å². The molecule has 0 saturated heterocycles. The SMILES string of the molecule is O=C(/C=C/c1cccc(OCc2ccc(Cl)cc2)c1)Nc1ccccc1C(F)(F)F. The van der Waals surface area contributed by atoms with Gasteiger partial charge >= 0.3 is 6.18 Å². The summed E-state index contributed by atoms with van der Waals surface area (Å²) >= 11 is 5.86. The van der Waals surface area contributed by atoms with Gasteiger partial charge in [-0.15, -0.1) is 0 Å². The second-order valence-corrected chi connectivity index (χ2v) is 6.79. The maximum atomic E-state index is 13.0. The van der Waals surface area contributed by atoms with Crippen LogP contribution in [0.2, 0.25) is 5.02 Å². The molecule has 3 nitrogen and oxygen atoms in total. The lowest BCUT2D eigenvalue weighted by atomic mass is 10.1. The van der Waals surface area contributed by atoms with Gasteiger partial charge in [0.15, 0.2) is 0 Å². The largest absolute Gasteiger partial charge is 0.489 e. The Labute approximate surface area is 176 Å². The zero-order chi connectivity index (χ0) is 21.6. The molecule has 0 bridgehead atoms. The Morgan fingerprint density at radius 2 is 1.73 bits per heavy atom. The van der Waals surface area contributed by atoms with Crippen LogP contribution in [0.1, 0.15) is 16.7 Å². The van der Waals surface area contributed by atoms with Crippen molar-refractivity contribution in [2.24, 2.45) is 0 Å². The van der Waals surface area contributed by atoms with Crippen LogP contribution in [0.25, 0.3) is 6.08 Å². The number of anilines is 1. The third-order valence-electron chi connectivity index (χ3n) is 4.09. The molecule has 0 aromatic heterocycles. The lowest BCUT2D eigenvalue weighted by Crippen LogP contribution is -2.14. The van der Waals surface area contributed by atoms with Crippen molar-refractivity contribution in [1.29, 1.82) is 0 Å². The van der Waals surface area contributed by atoms with Gasteiger partial charge in [-0.05, 0) is 53.6 Å². The molecule has 7 heteroatoms. The number of nitrogens with one attached hydrogen (secondary N) is 1. The fourth-order valence-corrected chi connectivity index (χ4v) is 2.77. The van der Waals surface area contributed by atoms with Gasteiger partial charge in [0.2, 0.25) is 5.91 Å². The van der Waals surface area contributed by atoms with Crippen LogP contribution >= 0.6 is 11.6 Å². The average molecular weight is 432 g/mol. The number of hydrogen-bond donors (Lipinski definition) is 1. The summed E-state index contributed by atoms with van der Waals surface area (Å²) in [4.78, 5) is 12.1. The van der Waals surface area contributed by atoms with Crippen molar-refractivity contribution in [1.82, 2.24) is 0 Å². The molecule has 0 radical (unpaired) electrons. The number of carbonyl (C=O) groups is 1. The Kier molecular flexibility index (Phi) is 6.79. The summed E-state index contributed by atoms with van der Waals surface area (Å²) in [5.74, 6) is -0.0749. The van der Waals surface area contributed by atoms with E-state index in [1.54, 1.807) is 36.4 Å². The van der Waals surface area contributed by atoms with Crippen molar-refractivity contribution < 1.29 is 22.7 Å². The minimum atomic E-state index is -4.55. The number of amides is 1. The summed E-state index contributed by atoms with van der Waals surface area (Å²) in [5, 5.41) is 2.91. The van der Waals surface area contributed by atoms with E-state index in [4.69, 9.17) is 16.3 Å². The van der Waals surface area contributed by atoms with Crippen LogP contribution in [0, 0.1) is 0 Å². The number of para-hydroxylation sites is 1. The molecule has 3 aromatic carbocycles. The molecule has 0 spiro atoms. The molecular weight excluding hydrogens is 415 g/mol. The Bertz CT molecular complexity index is 1050. The topological polar surface area (TPSA) is 38.3 Å². The van der Waals surface area contributed by atoms with Crippen LogP contribution in [0.3, 0.4) is 0 Å². The van der Waals surface area contributed by atoms with Crippen molar-refractivity contribution in [2.45, 2.75) is 12.8 Å². The van der Waals surface area contributed by atoms with Gasteiger partial charge in [0.05, 0.1) is 11.3 Å². The minimum absolute atomic E-state index is 0.292. The average Bonchev–Trinajstić information content (AvgIpc) is 2.72. The van der Waals surface area contributed by atoms with E-state index in [0.29, 0.717) is 22.9 Å². The number of halogens is 4. The highest BCUT2D eigenvalue weighted by atomic mass is 35.5. The molecule has 0 unspecified atom stereocenters. The fourth-order valence-electron chi connectivity index (χ4n) is 2.64. The van der Waals surface area contributed by atoms with E-state index in [0.717, 1.165) is 11.6 Å². The number of benzene rings is 3. The fraction of sp³-hybridized carbons (Fsp3) is 0.0870. The van der Waals surface area contributed by atoms with Crippen molar-refractivity contribution in [3.8, 4) is 5.75 Å². The third-order valence-corrected chi connectivity index (χ3v) is 4.35. The van der Waals surface area contributed by atoms with Gasteiger partial charge in [0, 0.05) is 11.1 Å². The number of carbonyl (C=O) groups excluding carboxylic acids is 1. The first kappa shape index (κ1) is 21.5. The summed E-state index contributed by atoms with van der Waals surface area (Å²) in [6.07, 6.45) is -1.88. The smallest absolute Gasteiger partial charge is 0.418 e. The Balaban J connectivity index is 1.63. The highest BCUT2D eigenvalue weighted by Crippen LogP contribution is 2.34. The molecule has 3 rings (SSSR count). The number of hydrogen-bond acceptors (Lipinski definition) is 2. The van der Waals surface area contributed by atoms with Crippen LogP contribution in [0.5, 0.6) is 5.75 Å². The van der Waals surface area contributed by atoms with Gasteiger partial charge in [-0.3, -0.25) is 4.79 Å². The predicted molar refractivity (Wildman–Crippen MR) is 111 cm³/mol. The van der Waals surface area contributed by atoms with E-state index in [-0.39, 0.29) is 5.69 Å². The molecule has 30 heavy (non-hydrogen) atoms. The molecule has 0 aliphatic carbocycles. The van der Waals surface area contributed by atoms with Gasteiger partial charge in [0.1, 0.15) is 12.4 Å². The molecule has 0 aliphatic rings. The van der Waals surface area contributed by atoms with E-state index in [1.807, 2.05) is 12.1 Å². The highest BCUT2D eigenvalue weighted by Gasteiger charge is 2.33. The molecule has 0 aliphatic heterocycles. The molecule has 1 N–H and O–H groups in total. The highest BCUT2D eigenvalue weighted by molar-refractivity contribution is 6.30. The summed E-state index contributed by atoms with van der Waals surface area (Å²) in [6.45, 7) is 0.346. The Hall–Kier alpha value is -3.25. The molecule has 0 heterocycles.